The Morgan fingerprint density at radius 2 is 1.78 bits per heavy atom. The topological polar surface area (TPSA) is 25.2 Å². The van der Waals surface area contributed by atoms with Gasteiger partial charge >= 0.3 is 0 Å². The van der Waals surface area contributed by atoms with Gasteiger partial charge in [-0.2, -0.15) is 0 Å². The van der Waals surface area contributed by atoms with Crippen molar-refractivity contribution in [3.05, 3.63) is 59.2 Å². The molecule has 0 aliphatic carbocycles. The van der Waals surface area contributed by atoms with Crippen LogP contribution in [-0.4, -0.2) is 28.5 Å². The maximum Gasteiger partial charge on any atom is 0.226 e. The Bertz CT molecular complexity index is 680. The van der Waals surface area contributed by atoms with Crippen molar-refractivity contribution in [1.29, 1.82) is 0 Å². The van der Waals surface area contributed by atoms with Crippen LogP contribution in [0.1, 0.15) is 35.8 Å². The number of carbonyl (C=O) groups excluding carboxylic acids is 1. The first-order valence-corrected chi connectivity index (χ1v) is 8.21. The van der Waals surface area contributed by atoms with E-state index in [0.29, 0.717) is 6.04 Å². The summed E-state index contributed by atoms with van der Waals surface area (Å²) in [6.45, 7) is 5.81. The quantitative estimate of drug-likeness (QED) is 0.849. The van der Waals surface area contributed by atoms with E-state index in [4.69, 9.17) is 0 Å². The molecule has 3 nitrogen and oxygen atoms in total. The monoisotopic (exact) mass is 314 g/mol. The Hall–Kier alpha value is -2.10. The minimum absolute atomic E-state index is 0.0926. The minimum atomic E-state index is -0.285. The molecule has 1 amide bonds. The van der Waals surface area contributed by atoms with Gasteiger partial charge in [-0.3, -0.25) is 4.79 Å². The van der Waals surface area contributed by atoms with E-state index in [9.17, 15) is 9.18 Å². The van der Waals surface area contributed by atoms with E-state index in [1.54, 1.807) is 12.1 Å². The minimum Gasteiger partial charge on any atom is -0.346 e. The molecule has 4 heteroatoms. The lowest BCUT2D eigenvalue weighted by Gasteiger charge is -2.34. The van der Waals surface area contributed by atoms with Crippen LogP contribution in [0.25, 0.3) is 0 Å². The molecule has 122 valence electrons. The molecule has 2 heterocycles. The number of amides is 1. The van der Waals surface area contributed by atoms with Crippen molar-refractivity contribution in [2.45, 2.75) is 39.2 Å². The highest BCUT2D eigenvalue weighted by atomic mass is 19.1. The lowest BCUT2D eigenvalue weighted by Crippen LogP contribution is -2.40. The second-order valence-electron chi connectivity index (χ2n) is 6.40. The molecule has 0 atom stereocenters. The van der Waals surface area contributed by atoms with E-state index in [2.05, 4.69) is 30.5 Å². The number of halogens is 1. The number of nitrogens with zero attached hydrogens (tertiary/aromatic N) is 2. The maximum atomic E-state index is 13.2. The maximum absolute atomic E-state index is 13.2. The highest BCUT2D eigenvalue weighted by Crippen LogP contribution is 2.26. The number of carbonyl (C=O) groups is 1. The van der Waals surface area contributed by atoms with E-state index >= 15 is 0 Å². The number of likely N-dealkylation sites (tertiary alicyclic amines) is 1. The molecule has 3 rings (SSSR count). The van der Waals surface area contributed by atoms with Crippen molar-refractivity contribution in [2.75, 3.05) is 13.1 Å². The van der Waals surface area contributed by atoms with Gasteiger partial charge in [-0.25, -0.2) is 4.39 Å². The third-order valence-corrected chi connectivity index (χ3v) is 4.75. The molecule has 0 bridgehead atoms. The van der Waals surface area contributed by atoms with Gasteiger partial charge in [-0.1, -0.05) is 12.1 Å². The second-order valence-corrected chi connectivity index (χ2v) is 6.40. The summed E-state index contributed by atoms with van der Waals surface area (Å²) in [4.78, 5) is 14.3. The van der Waals surface area contributed by atoms with Crippen LogP contribution in [0.5, 0.6) is 0 Å². The number of rotatable bonds is 3. The fraction of sp³-hybridized carbons (Fsp3) is 0.421. The van der Waals surface area contributed by atoms with Crippen LogP contribution in [0.15, 0.2) is 36.4 Å². The van der Waals surface area contributed by atoms with E-state index in [-0.39, 0.29) is 18.1 Å². The number of aryl methyl sites for hydroxylation is 2. The van der Waals surface area contributed by atoms with Crippen molar-refractivity contribution in [3.63, 3.8) is 0 Å². The fourth-order valence-electron chi connectivity index (χ4n) is 3.56. The number of benzene rings is 1. The standard InChI is InChI=1S/C19H23FN2O/c1-14-6-7-15(2)22(14)18-8-10-21(11-9-18)19(23)13-16-4-3-5-17(20)12-16/h3-7,12,18H,8-11,13H2,1-2H3. The van der Waals surface area contributed by atoms with E-state index in [0.717, 1.165) is 31.5 Å². The predicted octanol–water partition coefficient (Wildman–Crippen LogP) is 3.65. The zero-order valence-corrected chi connectivity index (χ0v) is 13.8. The van der Waals surface area contributed by atoms with Crippen LogP contribution in [-0.2, 0) is 11.2 Å². The number of piperidine rings is 1. The number of hydrogen-bond acceptors (Lipinski definition) is 1. The normalized spacial score (nSPS) is 15.9. The van der Waals surface area contributed by atoms with Crippen molar-refractivity contribution in [2.24, 2.45) is 0 Å². The molecule has 1 aliphatic heterocycles. The van der Waals surface area contributed by atoms with Gasteiger partial charge in [0.05, 0.1) is 6.42 Å². The summed E-state index contributed by atoms with van der Waals surface area (Å²) in [5.41, 5.74) is 3.31. The molecule has 1 saturated heterocycles. The second kappa shape index (κ2) is 6.57. The zero-order valence-electron chi connectivity index (χ0n) is 13.8. The SMILES string of the molecule is Cc1ccc(C)n1C1CCN(C(=O)Cc2cccc(F)c2)CC1. The predicted molar refractivity (Wildman–Crippen MR) is 88.9 cm³/mol. The van der Waals surface area contributed by atoms with E-state index in [1.165, 1.54) is 23.5 Å². The molecular weight excluding hydrogens is 291 g/mol. The first kappa shape index (κ1) is 15.8. The van der Waals surface area contributed by atoms with Gasteiger partial charge in [-0.05, 0) is 56.5 Å². The van der Waals surface area contributed by atoms with Crippen LogP contribution in [0.3, 0.4) is 0 Å². The average Bonchev–Trinajstić information content (AvgIpc) is 2.86. The summed E-state index contributed by atoms with van der Waals surface area (Å²) in [6.07, 6.45) is 2.24. The molecule has 0 saturated carbocycles. The molecule has 0 radical (unpaired) electrons. The third-order valence-electron chi connectivity index (χ3n) is 4.75. The van der Waals surface area contributed by atoms with Gasteiger partial charge < -0.3 is 9.47 Å². The Labute approximate surface area is 136 Å². The van der Waals surface area contributed by atoms with Gasteiger partial charge in [0.25, 0.3) is 0 Å². The van der Waals surface area contributed by atoms with Crippen LogP contribution < -0.4 is 0 Å². The van der Waals surface area contributed by atoms with Crippen molar-refractivity contribution >= 4 is 5.91 Å². The van der Waals surface area contributed by atoms with Crippen LogP contribution >= 0.6 is 0 Å². The molecule has 1 aromatic carbocycles. The van der Waals surface area contributed by atoms with E-state index < -0.39 is 0 Å². The molecule has 2 aromatic rings. The summed E-state index contributed by atoms with van der Waals surface area (Å²) in [5.74, 6) is -0.192. The summed E-state index contributed by atoms with van der Waals surface area (Å²) >= 11 is 0. The molecular formula is C19H23FN2O. The van der Waals surface area contributed by atoms with Gasteiger partial charge in [0.2, 0.25) is 5.91 Å². The number of aromatic nitrogens is 1. The summed E-state index contributed by atoms with van der Waals surface area (Å²) in [6, 6.07) is 11.1. The summed E-state index contributed by atoms with van der Waals surface area (Å²) in [7, 11) is 0. The average molecular weight is 314 g/mol. The van der Waals surface area contributed by atoms with Crippen LogP contribution in [0.4, 0.5) is 4.39 Å². The molecule has 23 heavy (non-hydrogen) atoms. The Morgan fingerprint density at radius 3 is 2.39 bits per heavy atom. The van der Waals surface area contributed by atoms with Crippen molar-refractivity contribution < 1.29 is 9.18 Å². The lowest BCUT2D eigenvalue weighted by atomic mass is 10.0. The van der Waals surface area contributed by atoms with Crippen molar-refractivity contribution in [3.8, 4) is 0 Å². The highest BCUT2D eigenvalue weighted by molar-refractivity contribution is 5.78. The molecule has 1 aliphatic rings. The first-order chi connectivity index (χ1) is 11.0. The zero-order chi connectivity index (χ0) is 16.4. The smallest absolute Gasteiger partial charge is 0.226 e. The highest BCUT2D eigenvalue weighted by Gasteiger charge is 2.24. The van der Waals surface area contributed by atoms with Crippen LogP contribution in [0.2, 0.25) is 0 Å². The molecule has 0 N–H and O–H groups in total. The van der Waals surface area contributed by atoms with Gasteiger partial charge in [0.15, 0.2) is 0 Å². The van der Waals surface area contributed by atoms with Crippen LogP contribution in [0, 0.1) is 19.7 Å². The molecule has 1 fully saturated rings. The Balaban J connectivity index is 1.59. The molecule has 1 aromatic heterocycles. The van der Waals surface area contributed by atoms with Gasteiger partial charge in [-0.15, -0.1) is 0 Å². The Kier molecular flexibility index (Phi) is 4.51. The lowest BCUT2D eigenvalue weighted by molar-refractivity contribution is -0.131. The summed E-state index contributed by atoms with van der Waals surface area (Å²) < 4.78 is 15.6. The van der Waals surface area contributed by atoms with E-state index in [1.807, 2.05) is 4.90 Å². The largest absolute Gasteiger partial charge is 0.346 e. The fourth-order valence-corrected chi connectivity index (χ4v) is 3.56. The van der Waals surface area contributed by atoms with Crippen molar-refractivity contribution in [1.82, 2.24) is 9.47 Å². The molecule has 0 unspecified atom stereocenters. The third kappa shape index (κ3) is 3.46. The number of hydrogen-bond donors (Lipinski definition) is 0. The summed E-state index contributed by atoms with van der Waals surface area (Å²) in [5, 5.41) is 0. The first-order valence-electron chi connectivity index (χ1n) is 8.21. The van der Waals surface area contributed by atoms with Gasteiger partial charge in [0.1, 0.15) is 5.82 Å². The Morgan fingerprint density at radius 1 is 1.13 bits per heavy atom. The van der Waals surface area contributed by atoms with Gasteiger partial charge in [0, 0.05) is 30.5 Å². The molecule has 0 spiro atoms.